The molecule has 0 spiro atoms. The molecule has 2 heterocycles. The van der Waals surface area contributed by atoms with Gasteiger partial charge in [-0.15, -0.1) is 0 Å². The average Bonchev–Trinajstić information content (AvgIpc) is 2.78. The lowest BCUT2D eigenvalue weighted by atomic mass is 9.93. The molecule has 5 heteroatoms. The fourth-order valence-corrected chi connectivity index (χ4v) is 2.49. The van der Waals surface area contributed by atoms with Gasteiger partial charge in [0.05, 0.1) is 6.54 Å². The molecule has 1 aliphatic rings. The molecule has 1 aromatic heterocycles. The SMILES string of the molecule is Cc1cc(CNC(C)C2CCOCC2)oc1C(=O)O. The fourth-order valence-electron chi connectivity index (χ4n) is 2.49. The Bertz CT molecular complexity index is 435. The van der Waals surface area contributed by atoms with Gasteiger partial charge < -0.3 is 19.6 Å². The second-order valence-electron chi connectivity index (χ2n) is 5.15. The van der Waals surface area contributed by atoms with Gasteiger partial charge >= 0.3 is 5.97 Å². The second kappa shape index (κ2) is 6.21. The van der Waals surface area contributed by atoms with Gasteiger partial charge in [0.25, 0.3) is 0 Å². The molecule has 0 bridgehead atoms. The lowest BCUT2D eigenvalue weighted by Gasteiger charge is -2.28. The van der Waals surface area contributed by atoms with Crippen LogP contribution in [-0.2, 0) is 11.3 Å². The fraction of sp³-hybridized carbons (Fsp3) is 0.643. The van der Waals surface area contributed by atoms with Crippen molar-refractivity contribution in [3.05, 3.63) is 23.2 Å². The van der Waals surface area contributed by atoms with Gasteiger partial charge in [0.2, 0.25) is 5.76 Å². The van der Waals surface area contributed by atoms with Crippen molar-refractivity contribution in [2.45, 2.75) is 39.3 Å². The first-order chi connectivity index (χ1) is 9.08. The number of rotatable bonds is 5. The van der Waals surface area contributed by atoms with E-state index in [-0.39, 0.29) is 5.76 Å². The summed E-state index contributed by atoms with van der Waals surface area (Å²) < 4.78 is 10.7. The summed E-state index contributed by atoms with van der Waals surface area (Å²) in [5.74, 6) is 0.314. The summed E-state index contributed by atoms with van der Waals surface area (Å²) in [6.07, 6.45) is 2.15. The molecule has 2 N–H and O–H groups in total. The number of furan rings is 1. The van der Waals surface area contributed by atoms with Crippen molar-refractivity contribution in [3.63, 3.8) is 0 Å². The molecule has 0 saturated carbocycles. The quantitative estimate of drug-likeness (QED) is 0.855. The van der Waals surface area contributed by atoms with E-state index >= 15 is 0 Å². The minimum absolute atomic E-state index is 0.0375. The molecule has 1 atom stereocenters. The number of hydrogen-bond donors (Lipinski definition) is 2. The van der Waals surface area contributed by atoms with Crippen LogP contribution in [0.1, 0.15) is 41.6 Å². The van der Waals surface area contributed by atoms with Crippen molar-refractivity contribution in [3.8, 4) is 0 Å². The van der Waals surface area contributed by atoms with Crippen molar-refractivity contribution in [2.24, 2.45) is 5.92 Å². The maximum atomic E-state index is 10.9. The first kappa shape index (κ1) is 14.1. The van der Waals surface area contributed by atoms with Crippen LogP contribution in [0.15, 0.2) is 10.5 Å². The number of aromatic carboxylic acids is 1. The van der Waals surface area contributed by atoms with E-state index in [1.807, 2.05) is 0 Å². The normalized spacial score (nSPS) is 18.4. The highest BCUT2D eigenvalue weighted by Gasteiger charge is 2.21. The Morgan fingerprint density at radius 1 is 1.53 bits per heavy atom. The number of carboxylic acid groups (broad SMARTS) is 1. The Kier molecular flexibility index (Phi) is 4.61. The summed E-state index contributed by atoms with van der Waals surface area (Å²) >= 11 is 0. The molecule has 1 saturated heterocycles. The van der Waals surface area contributed by atoms with Crippen molar-refractivity contribution >= 4 is 5.97 Å². The van der Waals surface area contributed by atoms with Crippen molar-refractivity contribution in [2.75, 3.05) is 13.2 Å². The van der Waals surface area contributed by atoms with E-state index in [0.29, 0.717) is 29.8 Å². The van der Waals surface area contributed by atoms with Crippen molar-refractivity contribution in [1.29, 1.82) is 0 Å². The lowest BCUT2D eigenvalue weighted by molar-refractivity contribution is 0.0554. The third kappa shape index (κ3) is 3.58. The van der Waals surface area contributed by atoms with E-state index < -0.39 is 5.97 Å². The van der Waals surface area contributed by atoms with Crippen LogP contribution < -0.4 is 5.32 Å². The lowest BCUT2D eigenvalue weighted by Crippen LogP contribution is -2.36. The van der Waals surface area contributed by atoms with Gasteiger partial charge in [-0.25, -0.2) is 4.79 Å². The molecule has 1 fully saturated rings. The molecule has 0 radical (unpaired) electrons. The third-order valence-corrected chi connectivity index (χ3v) is 3.73. The molecule has 106 valence electrons. The average molecular weight is 267 g/mol. The van der Waals surface area contributed by atoms with Crippen LogP contribution in [0.3, 0.4) is 0 Å². The Morgan fingerprint density at radius 2 is 2.21 bits per heavy atom. The number of ether oxygens (including phenoxy) is 1. The standard InChI is InChI=1S/C14H21NO4/c1-9-7-12(19-13(9)14(16)17)8-15-10(2)11-3-5-18-6-4-11/h7,10-11,15H,3-6,8H2,1-2H3,(H,16,17). The monoisotopic (exact) mass is 267 g/mol. The van der Waals surface area contributed by atoms with Crippen molar-refractivity contribution in [1.82, 2.24) is 5.32 Å². The molecule has 1 unspecified atom stereocenters. The Labute approximate surface area is 112 Å². The minimum atomic E-state index is -1.01. The van der Waals surface area contributed by atoms with Gasteiger partial charge in [-0.3, -0.25) is 0 Å². The topological polar surface area (TPSA) is 71.7 Å². The Balaban J connectivity index is 1.87. The number of hydrogen-bond acceptors (Lipinski definition) is 4. The molecule has 2 rings (SSSR count). The van der Waals surface area contributed by atoms with Crippen LogP contribution in [0.2, 0.25) is 0 Å². The van der Waals surface area contributed by atoms with Crippen LogP contribution in [0.4, 0.5) is 0 Å². The van der Waals surface area contributed by atoms with Gasteiger partial charge in [0.15, 0.2) is 0 Å². The Morgan fingerprint density at radius 3 is 2.79 bits per heavy atom. The molecule has 1 aliphatic heterocycles. The van der Waals surface area contributed by atoms with Gasteiger partial charge in [0, 0.05) is 24.8 Å². The molecule has 5 nitrogen and oxygen atoms in total. The van der Waals surface area contributed by atoms with Crippen LogP contribution in [-0.4, -0.2) is 30.3 Å². The Hall–Kier alpha value is -1.33. The first-order valence-corrected chi connectivity index (χ1v) is 6.71. The van der Waals surface area contributed by atoms with E-state index in [1.165, 1.54) is 0 Å². The van der Waals surface area contributed by atoms with Gasteiger partial charge in [-0.1, -0.05) is 0 Å². The van der Waals surface area contributed by atoms with Crippen molar-refractivity contribution < 1.29 is 19.1 Å². The van der Waals surface area contributed by atoms with E-state index in [0.717, 1.165) is 26.1 Å². The number of nitrogens with one attached hydrogen (secondary N) is 1. The van der Waals surface area contributed by atoms with Crippen LogP contribution >= 0.6 is 0 Å². The summed E-state index contributed by atoms with van der Waals surface area (Å²) in [6.45, 7) is 6.13. The summed E-state index contributed by atoms with van der Waals surface area (Å²) in [7, 11) is 0. The molecule has 0 aliphatic carbocycles. The van der Waals surface area contributed by atoms with E-state index in [9.17, 15) is 4.79 Å². The van der Waals surface area contributed by atoms with E-state index in [2.05, 4.69) is 12.2 Å². The van der Waals surface area contributed by atoms with Crippen LogP contribution in [0, 0.1) is 12.8 Å². The highest BCUT2D eigenvalue weighted by atomic mass is 16.5. The molecule has 0 amide bonds. The highest BCUT2D eigenvalue weighted by Crippen LogP contribution is 2.20. The molecule has 19 heavy (non-hydrogen) atoms. The third-order valence-electron chi connectivity index (χ3n) is 3.73. The maximum Gasteiger partial charge on any atom is 0.372 e. The smallest absolute Gasteiger partial charge is 0.372 e. The number of carbonyl (C=O) groups is 1. The van der Waals surface area contributed by atoms with Gasteiger partial charge in [0.1, 0.15) is 5.76 Å². The highest BCUT2D eigenvalue weighted by molar-refractivity contribution is 5.86. The predicted molar refractivity (Wildman–Crippen MR) is 70.2 cm³/mol. The van der Waals surface area contributed by atoms with E-state index in [1.54, 1.807) is 13.0 Å². The number of aryl methyl sites for hydroxylation is 1. The summed E-state index contributed by atoms with van der Waals surface area (Å²) in [6, 6.07) is 2.16. The first-order valence-electron chi connectivity index (χ1n) is 6.71. The minimum Gasteiger partial charge on any atom is -0.475 e. The zero-order chi connectivity index (χ0) is 13.8. The molecular formula is C14H21NO4. The van der Waals surface area contributed by atoms with Gasteiger partial charge in [-0.2, -0.15) is 0 Å². The summed E-state index contributed by atoms with van der Waals surface area (Å²) in [5.41, 5.74) is 0.669. The van der Waals surface area contributed by atoms with Gasteiger partial charge in [-0.05, 0) is 38.7 Å². The summed E-state index contributed by atoms with van der Waals surface area (Å²) in [5, 5.41) is 12.3. The molecule has 1 aromatic rings. The number of carboxylic acids is 1. The predicted octanol–water partition coefficient (Wildman–Crippen LogP) is 2.19. The zero-order valence-electron chi connectivity index (χ0n) is 11.4. The molecule has 0 aromatic carbocycles. The molecular weight excluding hydrogens is 246 g/mol. The maximum absolute atomic E-state index is 10.9. The second-order valence-corrected chi connectivity index (χ2v) is 5.15. The zero-order valence-corrected chi connectivity index (χ0v) is 11.4. The van der Waals surface area contributed by atoms with Crippen LogP contribution in [0.25, 0.3) is 0 Å². The largest absolute Gasteiger partial charge is 0.475 e. The summed E-state index contributed by atoms with van der Waals surface area (Å²) in [4.78, 5) is 10.9. The van der Waals surface area contributed by atoms with Crippen LogP contribution in [0.5, 0.6) is 0 Å². The van der Waals surface area contributed by atoms with E-state index in [4.69, 9.17) is 14.3 Å².